The third-order valence-electron chi connectivity index (χ3n) is 2.96. The van der Waals surface area contributed by atoms with Gasteiger partial charge < -0.3 is 9.47 Å². The SMILES string of the molecule is COc1ccc(COc2nc(C)cc(C)c2C#N)cc1. The van der Waals surface area contributed by atoms with Gasteiger partial charge in [0.15, 0.2) is 0 Å². The van der Waals surface area contributed by atoms with E-state index < -0.39 is 0 Å². The van der Waals surface area contributed by atoms with E-state index in [1.807, 2.05) is 44.2 Å². The standard InChI is InChI=1S/C16H16N2O2/c1-11-8-12(2)18-16(15(11)9-17)20-10-13-4-6-14(19-3)7-5-13/h4-8H,10H2,1-3H3. The second kappa shape index (κ2) is 6.07. The highest BCUT2D eigenvalue weighted by molar-refractivity contribution is 5.45. The van der Waals surface area contributed by atoms with Crippen LogP contribution in [0.1, 0.15) is 22.4 Å². The lowest BCUT2D eigenvalue weighted by Gasteiger charge is -2.10. The predicted octanol–water partition coefficient (Wildman–Crippen LogP) is 3.16. The van der Waals surface area contributed by atoms with Crippen LogP contribution in [0.2, 0.25) is 0 Å². The van der Waals surface area contributed by atoms with Gasteiger partial charge in [0.05, 0.1) is 7.11 Å². The molecule has 20 heavy (non-hydrogen) atoms. The predicted molar refractivity (Wildman–Crippen MR) is 75.8 cm³/mol. The van der Waals surface area contributed by atoms with E-state index in [0.29, 0.717) is 18.1 Å². The van der Waals surface area contributed by atoms with Gasteiger partial charge in [0.1, 0.15) is 24.0 Å². The summed E-state index contributed by atoms with van der Waals surface area (Å²) in [6.45, 7) is 4.14. The van der Waals surface area contributed by atoms with Gasteiger partial charge in [0.2, 0.25) is 5.88 Å². The summed E-state index contributed by atoms with van der Waals surface area (Å²) in [5.41, 5.74) is 3.20. The van der Waals surface area contributed by atoms with E-state index in [9.17, 15) is 0 Å². The van der Waals surface area contributed by atoms with Crippen LogP contribution in [0.15, 0.2) is 30.3 Å². The normalized spacial score (nSPS) is 9.90. The Bertz CT molecular complexity index is 643. The van der Waals surface area contributed by atoms with Crippen molar-refractivity contribution in [3.63, 3.8) is 0 Å². The lowest BCUT2D eigenvalue weighted by atomic mass is 10.1. The number of methoxy groups -OCH3 is 1. The first-order chi connectivity index (χ1) is 9.63. The Balaban J connectivity index is 2.16. The van der Waals surface area contributed by atoms with Gasteiger partial charge in [-0.2, -0.15) is 5.26 Å². The molecule has 0 fully saturated rings. The number of ether oxygens (including phenoxy) is 2. The van der Waals surface area contributed by atoms with Crippen molar-refractivity contribution in [2.24, 2.45) is 0 Å². The highest BCUT2D eigenvalue weighted by Gasteiger charge is 2.10. The van der Waals surface area contributed by atoms with Crippen LogP contribution in [-0.4, -0.2) is 12.1 Å². The molecule has 2 aromatic rings. The Hall–Kier alpha value is -2.54. The number of aryl methyl sites for hydroxylation is 2. The second-order valence-electron chi connectivity index (χ2n) is 4.51. The zero-order valence-corrected chi connectivity index (χ0v) is 11.8. The second-order valence-corrected chi connectivity index (χ2v) is 4.51. The Morgan fingerprint density at radius 2 is 1.90 bits per heavy atom. The van der Waals surface area contributed by atoms with Crippen molar-refractivity contribution in [3.05, 3.63) is 52.7 Å². The van der Waals surface area contributed by atoms with E-state index in [2.05, 4.69) is 11.1 Å². The van der Waals surface area contributed by atoms with Crippen LogP contribution in [0, 0.1) is 25.2 Å². The molecule has 0 N–H and O–H groups in total. The van der Waals surface area contributed by atoms with Gasteiger partial charge in [-0.25, -0.2) is 4.98 Å². The minimum absolute atomic E-state index is 0.370. The van der Waals surface area contributed by atoms with E-state index >= 15 is 0 Å². The zero-order chi connectivity index (χ0) is 14.5. The first-order valence-corrected chi connectivity index (χ1v) is 6.28. The van der Waals surface area contributed by atoms with Crippen molar-refractivity contribution >= 4 is 0 Å². The smallest absolute Gasteiger partial charge is 0.232 e. The maximum absolute atomic E-state index is 9.17. The molecular weight excluding hydrogens is 252 g/mol. The largest absolute Gasteiger partial charge is 0.497 e. The first-order valence-electron chi connectivity index (χ1n) is 6.28. The molecule has 0 atom stereocenters. The average Bonchev–Trinajstić information content (AvgIpc) is 2.45. The lowest BCUT2D eigenvalue weighted by Crippen LogP contribution is -2.02. The summed E-state index contributed by atoms with van der Waals surface area (Å²) in [7, 11) is 1.63. The third kappa shape index (κ3) is 3.07. The summed E-state index contributed by atoms with van der Waals surface area (Å²) in [4.78, 5) is 4.28. The molecule has 0 spiro atoms. The topological polar surface area (TPSA) is 55.1 Å². The average molecular weight is 268 g/mol. The van der Waals surface area contributed by atoms with E-state index in [-0.39, 0.29) is 0 Å². The number of pyridine rings is 1. The Kier molecular flexibility index (Phi) is 4.21. The van der Waals surface area contributed by atoms with Crippen LogP contribution in [-0.2, 0) is 6.61 Å². The van der Waals surface area contributed by atoms with Crippen molar-refractivity contribution in [1.82, 2.24) is 4.98 Å². The number of aromatic nitrogens is 1. The summed E-state index contributed by atoms with van der Waals surface area (Å²) in [5, 5.41) is 9.17. The van der Waals surface area contributed by atoms with Gasteiger partial charge in [-0.3, -0.25) is 0 Å². The molecule has 0 bridgehead atoms. The molecule has 0 radical (unpaired) electrons. The quantitative estimate of drug-likeness (QED) is 0.854. The maximum Gasteiger partial charge on any atom is 0.232 e. The summed E-state index contributed by atoms with van der Waals surface area (Å²) in [5.74, 6) is 1.19. The molecule has 0 amide bonds. The molecule has 0 saturated carbocycles. The van der Waals surface area contributed by atoms with Crippen LogP contribution in [0.5, 0.6) is 11.6 Å². The lowest BCUT2D eigenvalue weighted by molar-refractivity contribution is 0.292. The van der Waals surface area contributed by atoms with Crippen LogP contribution in [0.25, 0.3) is 0 Å². The van der Waals surface area contributed by atoms with E-state index in [1.165, 1.54) is 0 Å². The Labute approximate surface area is 118 Å². The fraction of sp³-hybridized carbons (Fsp3) is 0.250. The van der Waals surface area contributed by atoms with Crippen molar-refractivity contribution in [1.29, 1.82) is 5.26 Å². The molecule has 0 saturated heterocycles. The summed E-state index contributed by atoms with van der Waals surface area (Å²) >= 11 is 0. The highest BCUT2D eigenvalue weighted by atomic mass is 16.5. The Morgan fingerprint density at radius 1 is 1.20 bits per heavy atom. The van der Waals surface area contributed by atoms with Crippen molar-refractivity contribution in [2.45, 2.75) is 20.5 Å². The number of nitriles is 1. The molecule has 0 aliphatic rings. The molecule has 2 rings (SSSR count). The number of hydrogen-bond acceptors (Lipinski definition) is 4. The third-order valence-corrected chi connectivity index (χ3v) is 2.96. The highest BCUT2D eigenvalue weighted by Crippen LogP contribution is 2.21. The van der Waals surface area contributed by atoms with Crippen molar-refractivity contribution in [2.75, 3.05) is 7.11 Å². The fourth-order valence-corrected chi connectivity index (χ4v) is 1.92. The number of benzene rings is 1. The van der Waals surface area contributed by atoms with E-state index in [4.69, 9.17) is 14.7 Å². The van der Waals surface area contributed by atoms with Gasteiger partial charge in [-0.1, -0.05) is 12.1 Å². The molecule has 0 aliphatic carbocycles. The van der Waals surface area contributed by atoms with Gasteiger partial charge in [0, 0.05) is 5.69 Å². The van der Waals surface area contributed by atoms with Crippen LogP contribution >= 0.6 is 0 Å². The molecule has 4 nitrogen and oxygen atoms in total. The van der Waals surface area contributed by atoms with Crippen LogP contribution in [0.4, 0.5) is 0 Å². The van der Waals surface area contributed by atoms with Crippen molar-refractivity contribution in [3.8, 4) is 17.7 Å². The molecule has 0 aliphatic heterocycles. The number of rotatable bonds is 4. The van der Waals surface area contributed by atoms with E-state index in [1.54, 1.807) is 7.11 Å². The van der Waals surface area contributed by atoms with E-state index in [0.717, 1.165) is 22.6 Å². The fourth-order valence-electron chi connectivity index (χ4n) is 1.92. The number of nitrogens with zero attached hydrogens (tertiary/aromatic N) is 2. The molecule has 1 aromatic carbocycles. The number of hydrogen-bond donors (Lipinski definition) is 0. The van der Waals surface area contributed by atoms with Gasteiger partial charge in [-0.05, 0) is 43.2 Å². The summed E-state index contributed by atoms with van der Waals surface area (Å²) in [6.07, 6.45) is 0. The van der Waals surface area contributed by atoms with Gasteiger partial charge >= 0.3 is 0 Å². The maximum atomic E-state index is 9.17. The van der Waals surface area contributed by atoms with Crippen LogP contribution in [0.3, 0.4) is 0 Å². The molecule has 102 valence electrons. The van der Waals surface area contributed by atoms with Crippen molar-refractivity contribution < 1.29 is 9.47 Å². The summed E-state index contributed by atoms with van der Waals surface area (Å²) < 4.78 is 10.8. The van der Waals surface area contributed by atoms with Gasteiger partial charge in [0.25, 0.3) is 0 Å². The Morgan fingerprint density at radius 3 is 2.50 bits per heavy atom. The molecule has 1 heterocycles. The molecular formula is C16H16N2O2. The van der Waals surface area contributed by atoms with Gasteiger partial charge in [-0.15, -0.1) is 0 Å². The molecule has 4 heteroatoms. The summed E-state index contributed by atoms with van der Waals surface area (Å²) in [6, 6.07) is 11.6. The first kappa shape index (κ1) is 13.9. The minimum Gasteiger partial charge on any atom is -0.497 e. The zero-order valence-electron chi connectivity index (χ0n) is 11.8. The molecule has 0 unspecified atom stereocenters. The van der Waals surface area contributed by atoms with Crippen LogP contribution < -0.4 is 9.47 Å². The monoisotopic (exact) mass is 268 g/mol. The molecule has 1 aromatic heterocycles. The minimum atomic E-state index is 0.370.